The lowest BCUT2D eigenvalue weighted by atomic mass is 9.96. The maximum absolute atomic E-state index is 14.0. The first kappa shape index (κ1) is 27.5. The standard InChI is InChI=1S/C32H39N3O6/c36-30-29(21-10-4-5-11-21)34-32(39)41-27-16-8-13-20(27)9-2-1-3-15-25-28(17-22-12-6-7-14-24(22)33-25)40-23-18-26(31(37)38)35(30)19-23/h3,6-7,12,14-15,17,20-21,23,26-27,29H,1-2,4-5,8-11,13,16,18-19H2,(H,34,39)(H,37,38)/p-1/b15-3+/t20-,23-,26+,27-,29+/m1/s1. The number of carbonyl (C=O) groups excluding carboxylic acids is 3. The normalized spacial score (nSPS) is 30.4. The van der Waals surface area contributed by atoms with Gasteiger partial charge in [-0.25, -0.2) is 9.78 Å². The van der Waals surface area contributed by atoms with Crippen LogP contribution in [0.25, 0.3) is 17.0 Å². The summed E-state index contributed by atoms with van der Waals surface area (Å²) in [7, 11) is 0. The zero-order valence-electron chi connectivity index (χ0n) is 23.3. The van der Waals surface area contributed by atoms with Crippen molar-refractivity contribution in [3.63, 3.8) is 0 Å². The number of amides is 2. The summed E-state index contributed by atoms with van der Waals surface area (Å²) in [6, 6.07) is 7.73. The number of para-hydroxylation sites is 1. The Bertz CT molecular complexity index is 1320. The highest BCUT2D eigenvalue weighted by molar-refractivity contribution is 5.90. The summed E-state index contributed by atoms with van der Waals surface area (Å²) in [6.07, 6.45) is 12.0. The van der Waals surface area contributed by atoms with Crippen LogP contribution < -0.4 is 15.2 Å². The van der Waals surface area contributed by atoms with Crippen molar-refractivity contribution in [1.29, 1.82) is 0 Å². The number of ether oxygens (including phenoxy) is 2. The number of hydrogen-bond acceptors (Lipinski definition) is 7. The maximum atomic E-state index is 14.0. The van der Waals surface area contributed by atoms with E-state index in [0.29, 0.717) is 11.4 Å². The molecule has 2 aliphatic carbocycles. The zero-order valence-corrected chi connectivity index (χ0v) is 23.3. The topological polar surface area (TPSA) is 121 Å². The third kappa shape index (κ3) is 6.04. The third-order valence-electron chi connectivity index (χ3n) is 9.31. The highest BCUT2D eigenvalue weighted by atomic mass is 16.6. The van der Waals surface area contributed by atoms with E-state index < -0.39 is 36.2 Å². The van der Waals surface area contributed by atoms with Crippen molar-refractivity contribution in [2.24, 2.45) is 11.8 Å². The van der Waals surface area contributed by atoms with Crippen molar-refractivity contribution in [1.82, 2.24) is 15.2 Å². The minimum Gasteiger partial charge on any atom is -0.548 e. The van der Waals surface area contributed by atoms with Crippen LogP contribution in [0.1, 0.15) is 76.3 Å². The number of pyridine rings is 1. The second-order valence-electron chi connectivity index (χ2n) is 12.0. The predicted molar refractivity (Wildman–Crippen MR) is 151 cm³/mol. The van der Waals surface area contributed by atoms with E-state index in [0.717, 1.165) is 75.1 Å². The molecule has 9 nitrogen and oxygen atoms in total. The second kappa shape index (κ2) is 12.1. The first-order chi connectivity index (χ1) is 20.0. The Morgan fingerprint density at radius 3 is 2.59 bits per heavy atom. The zero-order chi connectivity index (χ0) is 28.3. The molecule has 2 amide bonds. The summed E-state index contributed by atoms with van der Waals surface area (Å²) < 4.78 is 12.3. The fraction of sp³-hybridized carbons (Fsp3) is 0.562. The number of aromatic nitrogens is 1. The molecular weight excluding hydrogens is 522 g/mol. The molecule has 5 atom stereocenters. The molecule has 2 aromatic rings. The Labute approximate surface area is 240 Å². The fourth-order valence-corrected chi connectivity index (χ4v) is 7.18. The van der Waals surface area contributed by atoms with Crippen LogP contribution in [-0.4, -0.2) is 58.7 Å². The number of allylic oxidation sites excluding steroid dienone is 1. The van der Waals surface area contributed by atoms with Gasteiger partial charge in [-0.15, -0.1) is 0 Å². The van der Waals surface area contributed by atoms with Crippen LogP contribution in [0.4, 0.5) is 4.79 Å². The van der Waals surface area contributed by atoms with Gasteiger partial charge in [0.15, 0.2) is 0 Å². The van der Waals surface area contributed by atoms with Crippen LogP contribution >= 0.6 is 0 Å². The predicted octanol–water partition coefficient (Wildman–Crippen LogP) is 3.98. The molecule has 3 fully saturated rings. The van der Waals surface area contributed by atoms with E-state index in [-0.39, 0.29) is 30.9 Å². The van der Waals surface area contributed by atoms with Crippen LogP contribution in [0, 0.1) is 11.8 Å². The van der Waals surface area contributed by atoms with Crippen molar-refractivity contribution in [2.45, 2.75) is 94.9 Å². The van der Waals surface area contributed by atoms with Crippen molar-refractivity contribution in [3.05, 3.63) is 42.1 Å². The molecule has 1 saturated heterocycles. The van der Waals surface area contributed by atoms with Crippen molar-refractivity contribution >= 4 is 34.9 Å². The van der Waals surface area contributed by atoms with E-state index in [2.05, 4.69) is 11.4 Å². The lowest BCUT2D eigenvalue weighted by Gasteiger charge is -2.32. The Morgan fingerprint density at radius 2 is 1.76 bits per heavy atom. The van der Waals surface area contributed by atoms with E-state index in [1.807, 2.05) is 36.4 Å². The van der Waals surface area contributed by atoms with E-state index in [1.165, 1.54) is 4.90 Å². The molecule has 6 rings (SSSR count). The average Bonchev–Trinajstić information content (AvgIpc) is 3.73. The number of nitrogens with zero attached hydrogens (tertiary/aromatic N) is 2. The molecule has 1 N–H and O–H groups in total. The molecule has 0 spiro atoms. The number of carbonyl (C=O) groups is 3. The van der Waals surface area contributed by atoms with E-state index in [1.54, 1.807) is 0 Å². The van der Waals surface area contributed by atoms with Gasteiger partial charge in [0.25, 0.3) is 0 Å². The van der Waals surface area contributed by atoms with Crippen molar-refractivity contribution in [2.75, 3.05) is 6.54 Å². The molecule has 0 radical (unpaired) electrons. The summed E-state index contributed by atoms with van der Waals surface area (Å²) in [4.78, 5) is 45.5. The van der Waals surface area contributed by atoms with E-state index in [4.69, 9.17) is 14.5 Å². The summed E-state index contributed by atoms with van der Waals surface area (Å²) in [6.45, 7) is 0.0815. The summed E-state index contributed by atoms with van der Waals surface area (Å²) >= 11 is 0. The number of nitrogens with one attached hydrogen (secondary N) is 1. The number of alkyl carbamates (subject to hydrolysis) is 1. The van der Waals surface area contributed by atoms with Gasteiger partial charge in [-0.2, -0.15) is 0 Å². The van der Waals surface area contributed by atoms with E-state index >= 15 is 0 Å². The summed E-state index contributed by atoms with van der Waals surface area (Å²) in [5, 5.41) is 16.0. The number of carboxylic acid groups (broad SMARTS) is 1. The minimum atomic E-state index is -1.33. The Hall–Kier alpha value is -3.62. The van der Waals surface area contributed by atoms with Gasteiger partial charge in [0.1, 0.15) is 29.7 Å². The van der Waals surface area contributed by atoms with E-state index in [9.17, 15) is 19.5 Å². The van der Waals surface area contributed by atoms with Gasteiger partial charge in [-0.05, 0) is 81.4 Å². The largest absolute Gasteiger partial charge is 0.548 e. The molecular formula is C32H38N3O6-. The minimum absolute atomic E-state index is 0.0659. The van der Waals surface area contributed by atoms with Crippen LogP contribution in [0.2, 0.25) is 0 Å². The van der Waals surface area contributed by atoms with Gasteiger partial charge in [0.2, 0.25) is 5.91 Å². The van der Waals surface area contributed by atoms with Gasteiger partial charge in [-0.1, -0.05) is 37.1 Å². The summed E-state index contributed by atoms with van der Waals surface area (Å²) in [5.74, 6) is -0.956. The lowest BCUT2D eigenvalue weighted by Crippen LogP contribution is -2.56. The molecule has 2 aliphatic heterocycles. The maximum Gasteiger partial charge on any atom is 0.408 e. The van der Waals surface area contributed by atoms with Crippen LogP contribution in [-0.2, 0) is 14.3 Å². The molecule has 41 heavy (non-hydrogen) atoms. The first-order valence-corrected chi connectivity index (χ1v) is 15.2. The Morgan fingerprint density at radius 1 is 0.976 bits per heavy atom. The SMILES string of the molecule is O=C1N[C@@H](C2CCCC2)C(=O)N2C[C@@H](C[C@H]2C(=O)[O-])Oc2cc3ccccc3nc2/C=C/CCC[C@@H]2CCC[C@H]2O1. The van der Waals surface area contributed by atoms with Crippen LogP contribution in [0.15, 0.2) is 36.4 Å². The third-order valence-corrected chi connectivity index (χ3v) is 9.31. The van der Waals surface area contributed by atoms with Crippen LogP contribution in [0.5, 0.6) is 5.75 Å². The summed E-state index contributed by atoms with van der Waals surface area (Å²) in [5.41, 5.74) is 1.52. The van der Waals surface area contributed by atoms with Gasteiger partial charge in [-0.3, -0.25) is 4.79 Å². The average molecular weight is 561 g/mol. The molecule has 2 saturated carbocycles. The Balaban J connectivity index is 1.34. The molecule has 2 bridgehead atoms. The van der Waals surface area contributed by atoms with Gasteiger partial charge in [0.05, 0.1) is 24.1 Å². The molecule has 1 aromatic heterocycles. The molecule has 218 valence electrons. The lowest BCUT2D eigenvalue weighted by molar-refractivity contribution is -0.310. The number of fused-ring (bicyclic) bond motifs is 5. The molecule has 3 heterocycles. The van der Waals surface area contributed by atoms with Crippen molar-refractivity contribution in [3.8, 4) is 5.75 Å². The van der Waals surface area contributed by atoms with Gasteiger partial charge in [0, 0.05) is 11.8 Å². The highest BCUT2D eigenvalue weighted by Crippen LogP contribution is 2.35. The highest BCUT2D eigenvalue weighted by Gasteiger charge is 2.43. The molecule has 1 aromatic carbocycles. The van der Waals surface area contributed by atoms with Crippen LogP contribution in [0.3, 0.4) is 0 Å². The smallest absolute Gasteiger partial charge is 0.408 e. The van der Waals surface area contributed by atoms with Crippen molar-refractivity contribution < 1.29 is 29.0 Å². The number of hydrogen-bond donors (Lipinski definition) is 1. The number of rotatable bonds is 2. The monoisotopic (exact) mass is 560 g/mol. The molecule has 9 heteroatoms. The van der Waals surface area contributed by atoms with Gasteiger partial charge < -0.3 is 29.6 Å². The quantitative estimate of drug-likeness (QED) is 0.590. The number of carboxylic acids is 1. The molecule has 0 unspecified atom stereocenters. The first-order valence-electron chi connectivity index (χ1n) is 15.2. The second-order valence-corrected chi connectivity index (χ2v) is 12.0. The molecule has 4 aliphatic rings. The number of benzene rings is 1. The van der Waals surface area contributed by atoms with Gasteiger partial charge >= 0.3 is 6.09 Å². The fourth-order valence-electron chi connectivity index (χ4n) is 7.18. The Kier molecular flexibility index (Phi) is 8.12. The number of aliphatic carboxylic acids is 1.